The van der Waals surface area contributed by atoms with Crippen LogP contribution in [0.5, 0.6) is 11.5 Å². The zero-order valence-corrected chi connectivity index (χ0v) is 8.70. The van der Waals surface area contributed by atoms with Crippen LogP contribution in [0.4, 0.5) is 5.69 Å². The van der Waals surface area contributed by atoms with Crippen LogP contribution in [-0.4, -0.2) is 17.6 Å². The number of fused-ring (bicyclic) bond motifs is 1. The van der Waals surface area contributed by atoms with Crippen LogP contribution in [0.1, 0.15) is 13.8 Å². The van der Waals surface area contributed by atoms with E-state index < -0.39 is 5.41 Å². The first-order valence-electron chi connectivity index (χ1n) is 4.77. The number of aromatic hydroxyl groups is 1. The van der Waals surface area contributed by atoms with Gasteiger partial charge in [0, 0.05) is 0 Å². The van der Waals surface area contributed by atoms with Crippen molar-refractivity contribution in [2.45, 2.75) is 13.8 Å². The molecule has 0 bridgehead atoms. The molecule has 4 nitrogen and oxygen atoms in total. The van der Waals surface area contributed by atoms with Crippen LogP contribution in [0, 0.1) is 5.41 Å². The monoisotopic (exact) mass is 207 g/mol. The van der Waals surface area contributed by atoms with Crippen LogP contribution >= 0.6 is 0 Å². The molecule has 1 amide bonds. The lowest BCUT2D eigenvalue weighted by molar-refractivity contribution is -0.124. The topological polar surface area (TPSA) is 58.6 Å². The maximum absolute atomic E-state index is 11.7. The number of rotatable bonds is 0. The number of hydrogen-bond acceptors (Lipinski definition) is 3. The Morgan fingerprint density at radius 1 is 1.47 bits per heavy atom. The van der Waals surface area contributed by atoms with Gasteiger partial charge in [-0.25, -0.2) is 0 Å². The molecule has 0 radical (unpaired) electrons. The average Bonchev–Trinajstić information content (AvgIpc) is 2.26. The van der Waals surface area contributed by atoms with Gasteiger partial charge in [0.05, 0.1) is 11.1 Å². The molecule has 0 atom stereocenters. The third-order valence-corrected chi connectivity index (χ3v) is 2.43. The fourth-order valence-electron chi connectivity index (χ4n) is 1.38. The van der Waals surface area contributed by atoms with Gasteiger partial charge in [-0.05, 0) is 26.0 Å². The number of amides is 1. The number of carbonyl (C=O) groups excluding carboxylic acids is 1. The minimum Gasteiger partial charge on any atom is -0.504 e. The summed E-state index contributed by atoms with van der Waals surface area (Å²) in [7, 11) is 0. The maximum atomic E-state index is 11.7. The zero-order valence-electron chi connectivity index (χ0n) is 8.70. The van der Waals surface area contributed by atoms with Crippen molar-refractivity contribution in [2.24, 2.45) is 5.41 Å². The molecule has 0 saturated carbocycles. The SMILES string of the molecule is CC1(C)COc2c(O)cccc2NC1=O. The minimum absolute atomic E-state index is 0.0468. The standard InChI is InChI=1S/C11H13NO3/c1-11(2)6-15-9-7(12-10(11)14)4-3-5-8(9)13/h3-5,13H,6H2,1-2H3,(H,12,14). The molecule has 0 aliphatic carbocycles. The van der Waals surface area contributed by atoms with Gasteiger partial charge in [0.2, 0.25) is 5.91 Å². The Morgan fingerprint density at radius 3 is 2.93 bits per heavy atom. The van der Waals surface area contributed by atoms with E-state index in [4.69, 9.17) is 4.74 Å². The van der Waals surface area contributed by atoms with E-state index in [9.17, 15) is 9.90 Å². The van der Waals surface area contributed by atoms with Crippen molar-refractivity contribution in [1.82, 2.24) is 0 Å². The zero-order chi connectivity index (χ0) is 11.1. The molecule has 0 fully saturated rings. The van der Waals surface area contributed by atoms with E-state index in [1.165, 1.54) is 6.07 Å². The average molecular weight is 207 g/mol. The number of phenolic OH excluding ortho intramolecular Hbond substituents is 1. The highest BCUT2D eigenvalue weighted by molar-refractivity contribution is 5.97. The number of nitrogens with one attached hydrogen (secondary N) is 1. The van der Waals surface area contributed by atoms with Crippen molar-refractivity contribution < 1.29 is 14.6 Å². The number of para-hydroxylation sites is 1. The predicted molar refractivity (Wildman–Crippen MR) is 56.0 cm³/mol. The second kappa shape index (κ2) is 3.15. The first-order chi connectivity index (χ1) is 7.00. The molecule has 1 aromatic rings. The third-order valence-electron chi connectivity index (χ3n) is 2.43. The van der Waals surface area contributed by atoms with Crippen LogP contribution in [-0.2, 0) is 4.79 Å². The van der Waals surface area contributed by atoms with Gasteiger partial charge in [-0.15, -0.1) is 0 Å². The molecule has 0 saturated heterocycles. The lowest BCUT2D eigenvalue weighted by Crippen LogP contribution is -2.33. The summed E-state index contributed by atoms with van der Waals surface area (Å²) in [5, 5.41) is 12.3. The number of ether oxygens (including phenoxy) is 1. The van der Waals surface area contributed by atoms with E-state index in [1.807, 2.05) is 0 Å². The Morgan fingerprint density at radius 2 is 2.20 bits per heavy atom. The van der Waals surface area contributed by atoms with Gasteiger partial charge < -0.3 is 15.2 Å². The smallest absolute Gasteiger partial charge is 0.233 e. The number of hydrogen-bond donors (Lipinski definition) is 2. The molecule has 4 heteroatoms. The Balaban J connectivity index is 2.44. The van der Waals surface area contributed by atoms with Crippen LogP contribution in [0.15, 0.2) is 18.2 Å². The number of carbonyl (C=O) groups is 1. The quantitative estimate of drug-likeness (QED) is 0.681. The van der Waals surface area contributed by atoms with Gasteiger partial charge >= 0.3 is 0 Å². The number of phenols is 1. The Kier molecular flexibility index (Phi) is 2.07. The van der Waals surface area contributed by atoms with Gasteiger partial charge in [0.15, 0.2) is 11.5 Å². The highest BCUT2D eigenvalue weighted by Crippen LogP contribution is 2.38. The molecule has 1 heterocycles. The third kappa shape index (κ3) is 1.63. The molecule has 2 N–H and O–H groups in total. The van der Waals surface area contributed by atoms with Crippen molar-refractivity contribution in [3.8, 4) is 11.5 Å². The second-order valence-electron chi connectivity index (χ2n) is 4.28. The molecular weight excluding hydrogens is 194 g/mol. The van der Waals surface area contributed by atoms with E-state index in [0.29, 0.717) is 11.4 Å². The molecule has 0 unspecified atom stereocenters. The van der Waals surface area contributed by atoms with Crippen LogP contribution in [0.25, 0.3) is 0 Å². The van der Waals surface area contributed by atoms with E-state index >= 15 is 0 Å². The molecule has 1 aromatic carbocycles. The van der Waals surface area contributed by atoms with Gasteiger partial charge in [0.25, 0.3) is 0 Å². The summed E-state index contributed by atoms with van der Waals surface area (Å²) in [5.74, 6) is 0.286. The van der Waals surface area contributed by atoms with Crippen molar-refractivity contribution in [2.75, 3.05) is 11.9 Å². The molecule has 2 rings (SSSR count). The Hall–Kier alpha value is -1.71. The van der Waals surface area contributed by atoms with Gasteiger partial charge in [-0.1, -0.05) is 6.07 Å². The summed E-state index contributed by atoms with van der Waals surface area (Å²) in [6.07, 6.45) is 0. The molecule has 1 aliphatic rings. The van der Waals surface area contributed by atoms with E-state index in [0.717, 1.165) is 0 Å². The lowest BCUT2D eigenvalue weighted by Gasteiger charge is -2.18. The highest BCUT2D eigenvalue weighted by Gasteiger charge is 2.33. The summed E-state index contributed by atoms with van der Waals surface area (Å²) in [6.45, 7) is 3.85. The summed E-state index contributed by atoms with van der Waals surface area (Å²) >= 11 is 0. The van der Waals surface area contributed by atoms with Gasteiger partial charge in [-0.2, -0.15) is 0 Å². The van der Waals surface area contributed by atoms with E-state index in [-0.39, 0.29) is 18.3 Å². The van der Waals surface area contributed by atoms with Gasteiger partial charge in [-0.3, -0.25) is 4.79 Å². The summed E-state index contributed by atoms with van der Waals surface area (Å²) in [6, 6.07) is 4.90. The Bertz CT molecular complexity index is 412. The molecule has 80 valence electrons. The highest BCUT2D eigenvalue weighted by atomic mass is 16.5. The molecule has 0 aromatic heterocycles. The van der Waals surface area contributed by atoms with Crippen molar-refractivity contribution in [3.05, 3.63) is 18.2 Å². The molecule has 15 heavy (non-hydrogen) atoms. The molecule has 1 aliphatic heterocycles. The normalized spacial score (nSPS) is 18.4. The van der Waals surface area contributed by atoms with E-state index in [1.54, 1.807) is 26.0 Å². The summed E-state index contributed by atoms with van der Waals surface area (Å²) in [5.41, 5.74) is -0.0728. The first kappa shape index (κ1) is 9.83. The molecule has 0 spiro atoms. The number of anilines is 1. The minimum atomic E-state index is -0.592. The fraction of sp³-hybridized carbons (Fsp3) is 0.364. The number of benzene rings is 1. The maximum Gasteiger partial charge on any atom is 0.233 e. The lowest BCUT2D eigenvalue weighted by atomic mass is 9.94. The van der Waals surface area contributed by atoms with E-state index in [2.05, 4.69) is 5.32 Å². The Labute approximate surface area is 87.9 Å². The van der Waals surface area contributed by atoms with Crippen molar-refractivity contribution >= 4 is 11.6 Å². The summed E-state index contributed by atoms with van der Waals surface area (Å²) in [4.78, 5) is 11.7. The van der Waals surface area contributed by atoms with Gasteiger partial charge in [0.1, 0.15) is 6.61 Å². The first-order valence-corrected chi connectivity index (χ1v) is 4.77. The van der Waals surface area contributed by atoms with Crippen molar-refractivity contribution in [3.63, 3.8) is 0 Å². The van der Waals surface area contributed by atoms with Crippen LogP contribution in [0.2, 0.25) is 0 Å². The predicted octanol–water partition coefficient (Wildman–Crippen LogP) is 1.75. The second-order valence-corrected chi connectivity index (χ2v) is 4.28. The van der Waals surface area contributed by atoms with Crippen molar-refractivity contribution in [1.29, 1.82) is 0 Å². The fourth-order valence-corrected chi connectivity index (χ4v) is 1.38. The molecular formula is C11H13NO3. The summed E-state index contributed by atoms with van der Waals surface area (Å²) < 4.78 is 5.43. The largest absolute Gasteiger partial charge is 0.504 e. The van der Waals surface area contributed by atoms with Crippen LogP contribution < -0.4 is 10.1 Å². The van der Waals surface area contributed by atoms with Crippen LogP contribution in [0.3, 0.4) is 0 Å².